The lowest BCUT2D eigenvalue weighted by molar-refractivity contribution is -0.136. The van der Waals surface area contributed by atoms with Gasteiger partial charge in [-0.2, -0.15) is 0 Å². The molecule has 0 amide bonds. The van der Waals surface area contributed by atoms with E-state index in [-0.39, 0.29) is 32.4 Å². The van der Waals surface area contributed by atoms with E-state index in [0.717, 1.165) is 0 Å². The first-order valence-electron chi connectivity index (χ1n) is 5.83. The first-order chi connectivity index (χ1) is 8.39. The predicted molar refractivity (Wildman–Crippen MR) is 63.7 cm³/mol. The van der Waals surface area contributed by atoms with Gasteiger partial charge in [0.05, 0.1) is 19.3 Å². The van der Waals surface area contributed by atoms with Crippen molar-refractivity contribution in [2.24, 2.45) is 0 Å². The van der Waals surface area contributed by atoms with Gasteiger partial charge in [-0.05, 0) is 19.8 Å². The van der Waals surface area contributed by atoms with Crippen molar-refractivity contribution in [3.8, 4) is 0 Å². The summed E-state index contributed by atoms with van der Waals surface area (Å²) in [7, 11) is -3.78. The molecule has 1 rings (SSSR count). The van der Waals surface area contributed by atoms with Crippen LogP contribution in [0, 0.1) is 0 Å². The molecule has 0 bridgehead atoms. The van der Waals surface area contributed by atoms with Crippen LogP contribution in [0.2, 0.25) is 0 Å². The SMILES string of the molecule is CC(C(=O)O)S(=O)(=O)N1CCC(OCCO)CC1. The smallest absolute Gasteiger partial charge is 0.323 e. The maximum Gasteiger partial charge on any atom is 0.323 e. The molecule has 0 aromatic rings. The summed E-state index contributed by atoms with van der Waals surface area (Å²) >= 11 is 0. The van der Waals surface area contributed by atoms with Gasteiger partial charge in [-0.25, -0.2) is 12.7 Å². The number of piperidine rings is 1. The van der Waals surface area contributed by atoms with Gasteiger partial charge >= 0.3 is 5.97 Å². The number of carbonyl (C=O) groups is 1. The van der Waals surface area contributed by atoms with Gasteiger partial charge in [0.15, 0.2) is 5.25 Å². The Kier molecular flexibility index (Phi) is 5.51. The zero-order valence-electron chi connectivity index (χ0n) is 10.3. The van der Waals surface area contributed by atoms with Gasteiger partial charge in [-0.3, -0.25) is 4.79 Å². The number of carboxylic acid groups (broad SMARTS) is 1. The largest absolute Gasteiger partial charge is 0.480 e. The normalized spacial score (nSPS) is 20.8. The number of ether oxygens (including phenoxy) is 1. The molecular weight excluding hydrogens is 262 g/mol. The first-order valence-corrected chi connectivity index (χ1v) is 7.34. The third kappa shape index (κ3) is 3.64. The summed E-state index contributed by atoms with van der Waals surface area (Å²) in [5.74, 6) is -1.34. The molecule has 0 radical (unpaired) electrons. The van der Waals surface area contributed by atoms with E-state index in [1.807, 2.05) is 0 Å². The average Bonchev–Trinajstić information content (AvgIpc) is 2.35. The minimum Gasteiger partial charge on any atom is -0.480 e. The van der Waals surface area contributed by atoms with Crippen molar-refractivity contribution in [1.82, 2.24) is 4.31 Å². The van der Waals surface area contributed by atoms with E-state index in [1.165, 1.54) is 11.2 Å². The third-order valence-corrected chi connectivity index (χ3v) is 5.18. The third-order valence-electron chi connectivity index (χ3n) is 3.00. The molecule has 2 N–H and O–H groups in total. The van der Waals surface area contributed by atoms with E-state index >= 15 is 0 Å². The van der Waals surface area contributed by atoms with E-state index < -0.39 is 21.2 Å². The molecule has 1 aliphatic heterocycles. The summed E-state index contributed by atoms with van der Waals surface area (Å²) in [5, 5.41) is 15.9. The second kappa shape index (κ2) is 6.46. The zero-order chi connectivity index (χ0) is 13.8. The van der Waals surface area contributed by atoms with Crippen molar-refractivity contribution in [3.63, 3.8) is 0 Å². The molecule has 0 aliphatic carbocycles. The fourth-order valence-corrected chi connectivity index (χ4v) is 3.25. The van der Waals surface area contributed by atoms with E-state index in [4.69, 9.17) is 14.9 Å². The molecule has 1 heterocycles. The first kappa shape index (κ1) is 15.4. The van der Waals surface area contributed by atoms with Crippen LogP contribution in [0.5, 0.6) is 0 Å². The summed E-state index contributed by atoms with van der Waals surface area (Å²) in [6.45, 7) is 1.87. The number of rotatable bonds is 6. The van der Waals surface area contributed by atoms with Gasteiger partial charge in [0.25, 0.3) is 0 Å². The second-order valence-corrected chi connectivity index (χ2v) is 6.47. The number of aliphatic carboxylic acids is 1. The Labute approximate surface area is 106 Å². The minimum absolute atomic E-state index is 0.0610. The Hall–Kier alpha value is -0.700. The van der Waals surface area contributed by atoms with Crippen LogP contribution in [0.25, 0.3) is 0 Å². The summed E-state index contributed by atoms with van der Waals surface area (Å²) in [6.07, 6.45) is 0.973. The molecule has 0 saturated carbocycles. The van der Waals surface area contributed by atoms with Crippen LogP contribution in [0.3, 0.4) is 0 Å². The Morgan fingerprint density at radius 1 is 1.44 bits per heavy atom. The number of nitrogens with zero attached hydrogens (tertiary/aromatic N) is 1. The molecule has 1 saturated heterocycles. The van der Waals surface area contributed by atoms with Gasteiger partial charge in [0.1, 0.15) is 0 Å². The van der Waals surface area contributed by atoms with Crippen molar-refractivity contribution >= 4 is 16.0 Å². The van der Waals surface area contributed by atoms with Crippen molar-refractivity contribution in [2.75, 3.05) is 26.3 Å². The van der Waals surface area contributed by atoms with E-state index in [9.17, 15) is 13.2 Å². The minimum atomic E-state index is -3.78. The molecule has 0 aromatic carbocycles. The fourth-order valence-electron chi connectivity index (χ4n) is 1.82. The number of hydrogen-bond donors (Lipinski definition) is 2. The molecule has 106 valence electrons. The number of carboxylic acids is 1. The molecule has 0 aromatic heterocycles. The maximum atomic E-state index is 11.9. The Balaban J connectivity index is 2.54. The van der Waals surface area contributed by atoms with Crippen molar-refractivity contribution < 1.29 is 28.2 Å². The monoisotopic (exact) mass is 281 g/mol. The summed E-state index contributed by atoms with van der Waals surface area (Å²) < 4.78 is 30.3. The van der Waals surface area contributed by atoms with Gasteiger partial charge < -0.3 is 14.9 Å². The fraction of sp³-hybridized carbons (Fsp3) is 0.900. The highest BCUT2D eigenvalue weighted by Gasteiger charge is 2.36. The topological polar surface area (TPSA) is 104 Å². The molecule has 1 unspecified atom stereocenters. The average molecular weight is 281 g/mol. The van der Waals surface area contributed by atoms with Crippen LogP contribution in [0.15, 0.2) is 0 Å². The van der Waals surface area contributed by atoms with Crippen LogP contribution in [-0.4, -0.2) is 66.6 Å². The highest BCUT2D eigenvalue weighted by molar-refractivity contribution is 7.90. The molecule has 1 aliphatic rings. The summed E-state index contributed by atoms with van der Waals surface area (Å²) in [5.41, 5.74) is 0. The standard InChI is InChI=1S/C10H19NO6S/c1-8(10(13)14)18(15,16)11-4-2-9(3-5-11)17-7-6-12/h8-9,12H,2-7H2,1H3,(H,13,14). The van der Waals surface area contributed by atoms with Gasteiger partial charge in [0, 0.05) is 13.1 Å². The van der Waals surface area contributed by atoms with Crippen molar-refractivity contribution in [3.05, 3.63) is 0 Å². The zero-order valence-corrected chi connectivity index (χ0v) is 11.1. The molecule has 0 spiro atoms. The number of aliphatic hydroxyl groups excluding tert-OH is 1. The van der Waals surface area contributed by atoms with E-state index in [1.54, 1.807) is 0 Å². The van der Waals surface area contributed by atoms with E-state index in [2.05, 4.69) is 0 Å². The number of aliphatic hydroxyl groups is 1. The van der Waals surface area contributed by atoms with Crippen molar-refractivity contribution in [2.45, 2.75) is 31.1 Å². The lowest BCUT2D eigenvalue weighted by atomic mass is 10.1. The predicted octanol–water partition coefficient (Wildman–Crippen LogP) is -0.737. The maximum absolute atomic E-state index is 11.9. The highest BCUT2D eigenvalue weighted by Crippen LogP contribution is 2.19. The van der Waals surface area contributed by atoms with E-state index in [0.29, 0.717) is 12.8 Å². The lowest BCUT2D eigenvalue weighted by Gasteiger charge is -2.32. The van der Waals surface area contributed by atoms with Crippen molar-refractivity contribution in [1.29, 1.82) is 0 Å². The Morgan fingerprint density at radius 2 is 2.00 bits per heavy atom. The Morgan fingerprint density at radius 3 is 2.44 bits per heavy atom. The molecule has 18 heavy (non-hydrogen) atoms. The summed E-state index contributed by atoms with van der Waals surface area (Å²) in [6, 6.07) is 0. The van der Waals surface area contributed by atoms with Crippen LogP contribution >= 0.6 is 0 Å². The van der Waals surface area contributed by atoms with Crippen LogP contribution in [0.4, 0.5) is 0 Å². The number of hydrogen-bond acceptors (Lipinski definition) is 5. The van der Waals surface area contributed by atoms with Gasteiger partial charge in [-0.15, -0.1) is 0 Å². The van der Waals surface area contributed by atoms with Crippen LogP contribution < -0.4 is 0 Å². The Bertz CT molecular complexity index is 374. The molecule has 7 nitrogen and oxygen atoms in total. The molecular formula is C10H19NO6S. The second-order valence-electron chi connectivity index (χ2n) is 4.22. The van der Waals surface area contributed by atoms with Crippen LogP contribution in [0.1, 0.15) is 19.8 Å². The van der Waals surface area contributed by atoms with Gasteiger partial charge in [0.2, 0.25) is 10.0 Å². The lowest BCUT2D eigenvalue weighted by Crippen LogP contribution is -2.46. The molecule has 1 fully saturated rings. The highest BCUT2D eigenvalue weighted by atomic mass is 32.2. The van der Waals surface area contributed by atoms with Gasteiger partial charge in [-0.1, -0.05) is 0 Å². The number of sulfonamides is 1. The quantitative estimate of drug-likeness (QED) is 0.664. The summed E-state index contributed by atoms with van der Waals surface area (Å²) in [4.78, 5) is 10.7. The molecule has 1 atom stereocenters. The molecule has 8 heteroatoms. The van der Waals surface area contributed by atoms with Crippen LogP contribution in [-0.2, 0) is 19.6 Å².